The Labute approximate surface area is 154 Å². The number of hydrogen-bond acceptors (Lipinski definition) is 5. The van der Waals surface area contributed by atoms with E-state index in [2.05, 4.69) is 9.97 Å². The zero-order valence-corrected chi connectivity index (χ0v) is 14.7. The number of alkyl halides is 3. The normalized spacial score (nSPS) is 17.2. The predicted octanol–water partition coefficient (Wildman–Crippen LogP) is 2.81. The summed E-state index contributed by atoms with van der Waals surface area (Å²) in [5, 5.41) is 0. The van der Waals surface area contributed by atoms with Gasteiger partial charge in [0.05, 0.1) is 12.2 Å². The van der Waals surface area contributed by atoms with Crippen LogP contribution < -0.4 is 15.4 Å². The van der Waals surface area contributed by atoms with Crippen molar-refractivity contribution in [3.63, 3.8) is 0 Å². The number of nitrogens with two attached hydrogens (primary N) is 1. The van der Waals surface area contributed by atoms with Gasteiger partial charge < -0.3 is 15.4 Å². The van der Waals surface area contributed by atoms with E-state index in [9.17, 15) is 18.0 Å². The van der Waals surface area contributed by atoms with Crippen molar-refractivity contribution in [2.45, 2.75) is 19.5 Å². The molecule has 1 fully saturated rings. The monoisotopic (exact) mass is 380 g/mol. The first-order valence-electron chi connectivity index (χ1n) is 8.43. The molecule has 1 aromatic carbocycles. The number of carbonyl (C=O) groups is 1. The molecule has 2 aromatic rings. The van der Waals surface area contributed by atoms with E-state index >= 15 is 0 Å². The Morgan fingerprint density at radius 3 is 2.78 bits per heavy atom. The van der Waals surface area contributed by atoms with Gasteiger partial charge in [0.15, 0.2) is 0 Å². The van der Waals surface area contributed by atoms with Gasteiger partial charge in [0.2, 0.25) is 5.95 Å². The topological polar surface area (TPSA) is 81.3 Å². The number of rotatable bonds is 5. The highest BCUT2D eigenvalue weighted by atomic mass is 19.4. The summed E-state index contributed by atoms with van der Waals surface area (Å²) in [6.07, 6.45) is -3.74. The fourth-order valence-corrected chi connectivity index (χ4v) is 3.01. The Bertz CT molecular complexity index is 842. The number of para-hydroxylation sites is 1. The quantitative estimate of drug-likeness (QED) is 0.863. The lowest BCUT2D eigenvalue weighted by molar-refractivity contribution is -0.139. The fraction of sp³-hybridized carbons (Fsp3) is 0.389. The van der Waals surface area contributed by atoms with Crippen LogP contribution in [0.15, 0.2) is 30.3 Å². The molecule has 2 heterocycles. The SMILES string of the molecule is Cc1cc(C(N)=O)nc(N2CC[C@H](COc3ccccc3C(F)(F)F)C2)n1. The maximum Gasteiger partial charge on any atom is 0.419 e. The summed E-state index contributed by atoms with van der Waals surface area (Å²) in [4.78, 5) is 21.7. The average Bonchev–Trinajstić information content (AvgIpc) is 3.08. The molecule has 2 N–H and O–H groups in total. The molecule has 1 aliphatic rings. The number of carbonyl (C=O) groups excluding carboxylic acids is 1. The molecule has 144 valence electrons. The van der Waals surface area contributed by atoms with Gasteiger partial charge in [0, 0.05) is 24.7 Å². The van der Waals surface area contributed by atoms with Crippen LogP contribution >= 0.6 is 0 Å². The standard InChI is InChI=1S/C18H19F3N4O2/c1-11-8-14(16(22)26)24-17(23-11)25-7-6-12(9-25)10-27-15-5-3-2-4-13(15)18(19,20)21/h2-5,8,12H,6-7,9-10H2,1H3,(H2,22,26)/t12-/m0/s1. The molecule has 0 saturated carbocycles. The van der Waals surface area contributed by atoms with Crippen LogP contribution in [0.25, 0.3) is 0 Å². The van der Waals surface area contributed by atoms with Crippen LogP contribution in [0.4, 0.5) is 19.1 Å². The van der Waals surface area contributed by atoms with Crippen molar-refractivity contribution in [2.75, 3.05) is 24.6 Å². The van der Waals surface area contributed by atoms with Gasteiger partial charge in [-0.3, -0.25) is 4.79 Å². The molecule has 0 spiro atoms. The van der Waals surface area contributed by atoms with Crippen LogP contribution in [-0.2, 0) is 6.18 Å². The Kier molecular flexibility index (Phi) is 5.20. The van der Waals surface area contributed by atoms with Crippen molar-refractivity contribution in [3.8, 4) is 5.75 Å². The lowest BCUT2D eigenvalue weighted by Gasteiger charge is -2.18. The Hall–Kier alpha value is -2.84. The van der Waals surface area contributed by atoms with Crippen LogP contribution in [0.3, 0.4) is 0 Å². The fourth-order valence-electron chi connectivity index (χ4n) is 3.01. The second-order valence-corrected chi connectivity index (χ2v) is 6.46. The van der Waals surface area contributed by atoms with Crippen LogP contribution in [-0.4, -0.2) is 35.6 Å². The first-order chi connectivity index (χ1) is 12.7. The number of nitrogens with zero attached hydrogens (tertiary/aromatic N) is 3. The maximum atomic E-state index is 13.0. The summed E-state index contributed by atoms with van der Waals surface area (Å²) in [6, 6.07) is 6.67. The van der Waals surface area contributed by atoms with Crippen molar-refractivity contribution in [2.24, 2.45) is 11.7 Å². The highest BCUT2D eigenvalue weighted by Gasteiger charge is 2.34. The van der Waals surface area contributed by atoms with Gasteiger partial charge >= 0.3 is 6.18 Å². The van der Waals surface area contributed by atoms with E-state index in [-0.39, 0.29) is 24.0 Å². The lowest BCUT2D eigenvalue weighted by Crippen LogP contribution is -2.25. The molecule has 0 radical (unpaired) electrons. The first-order valence-corrected chi connectivity index (χ1v) is 8.43. The molecule has 1 aromatic heterocycles. The van der Waals surface area contributed by atoms with Gasteiger partial charge in [-0.05, 0) is 31.5 Å². The van der Waals surface area contributed by atoms with E-state index in [0.29, 0.717) is 24.7 Å². The third-order valence-corrected chi connectivity index (χ3v) is 4.33. The largest absolute Gasteiger partial charge is 0.493 e. The van der Waals surface area contributed by atoms with E-state index in [1.54, 1.807) is 6.92 Å². The minimum atomic E-state index is -4.46. The minimum Gasteiger partial charge on any atom is -0.493 e. The van der Waals surface area contributed by atoms with Crippen LogP contribution in [0.1, 0.15) is 28.2 Å². The molecule has 9 heteroatoms. The first kappa shape index (κ1) is 18.9. The third kappa shape index (κ3) is 4.47. The highest BCUT2D eigenvalue weighted by molar-refractivity contribution is 5.91. The number of hydrogen-bond donors (Lipinski definition) is 1. The van der Waals surface area contributed by atoms with Gasteiger partial charge in [-0.15, -0.1) is 0 Å². The molecule has 1 saturated heterocycles. The van der Waals surface area contributed by atoms with E-state index in [1.165, 1.54) is 24.3 Å². The lowest BCUT2D eigenvalue weighted by atomic mass is 10.1. The van der Waals surface area contributed by atoms with Crippen molar-refractivity contribution in [1.82, 2.24) is 9.97 Å². The van der Waals surface area contributed by atoms with Gasteiger partial charge in [-0.1, -0.05) is 12.1 Å². The second-order valence-electron chi connectivity index (χ2n) is 6.46. The van der Waals surface area contributed by atoms with E-state index in [0.717, 1.165) is 12.5 Å². The van der Waals surface area contributed by atoms with Crippen molar-refractivity contribution >= 4 is 11.9 Å². The molecule has 0 aliphatic carbocycles. The Morgan fingerprint density at radius 1 is 1.33 bits per heavy atom. The number of halogens is 3. The number of ether oxygens (including phenoxy) is 1. The maximum absolute atomic E-state index is 13.0. The van der Waals surface area contributed by atoms with Crippen molar-refractivity contribution in [3.05, 3.63) is 47.3 Å². The third-order valence-electron chi connectivity index (χ3n) is 4.33. The predicted molar refractivity (Wildman–Crippen MR) is 92.5 cm³/mol. The number of primary amides is 1. The van der Waals surface area contributed by atoms with E-state index < -0.39 is 17.6 Å². The zero-order valence-electron chi connectivity index (χ0n) is 14.7. The van der Waals surface area contributed by atoms with Crippen molar-refractivity contribution < 1.29 is 22.7 Å². The summed E-state index contributed by atoms with van der Waals surface area (Å²) in [6.45, 7) is 3.03. The molecule has 1 amide bonds. The molecule has 0 bridgehead atoms. The van der Waals surface area contributed by atoms with Crippen molar-refractivity contribution in [1.29, 1.82) is 0 Å². The zero-order chi connectivity index (χ0) is 19.6. The van der Waals surface area contributed by atoms with Crippen LogP contribution in [0.5, 0.6) is 5.75 Å². The van der Waals surface area contributed by atoms with Crippen LogP contribution in [0.2, 0.25) is 0 Å². The molecular weight excluding hydrogens is 361 g/mol. The number of aryl methyl sites for hydroxylation is 1. The second kappa shape index (κ2) is 7.42. The molecule has 1 atom stereocenters. The van der Waals surface area contributed by atoms with Gasteiger partial charge in [-0.25, -0.2) is 9.97 Å². The Balaban J connectivity index is 1.66. The number of amides is 1. The average molecular weight is 380 g/mol. The molecule has 1 aliphatic heterocycles. The summed E-state index contributed by atoms with van der Waals surface area (Å²) in [5.74, 6) is -0.398. The highest BCUT2D eigenvalue weighted by Crippen LogP contribution is 2.36. The van der Waals surface area contributed by atoms with Crippen LogP contribution in [0, 0.1) is 12.8 Å². The Morgan fingerprint density at radius 2 is 2.07 bits per heavy atom. The van der Waals surface area contributed by atoms with Gasteiger partial charge in [-0.2, -0.15) is 13.2 Å². The summed E-state index contributed by atoms with van der Waals surface area (Å²) < 4.78 is 44.5. The molecule has 27 heavy (non-hydrogen) atoms. The molecular formula is C18H19F3N4O2. The van der Waals surface area contributed by atoms with Gasteiger partial charge in [0.25, 0.3) is 5.91 Å². The van der Waals surface area contributed by atoms with E-state index in [1.807, 2.05) is 4.90 Å². The summed E-state index contributed by atoms with van der Waals surface area (Å²) >= 11 is 0. The number of anilines is 1. The summed E-state index contributed by atoms with van der Waals surface area (Å²) in [5.41, 5.74) is 5.25. The molecule has 6 nitrogen and oxygen atoms in total. The summed E-state index contributed by atoms with van der Waals surface area (Å²) in [7, 11) is 0. The minimum absolute atomic E-state index is 0.0208. The smallest absolute Gasteiger partial charge is 0.419 e. The number of benzene rings is 1. The molecule has 0 unspecified atom stereocenters. The van der Waals surface area contributed by atoms with E-state index in [4.69, 9.17) is 10.5 Å². The number of aromatic nitrogens is 2. The molecule has 3 rings (SSSR count). The van der Waals surface area contributed by atoms with Gasteiger partial charge in [0.1, 0.15) is 11.4 Å².